The zero-order valence-corrected chi connectivity index (χ0v) is 8.30. The molecule has 0 saturated heterocycles. The van der Waals surface area contributed by atoms with Crippen LogP contribution in [-0.4, -0.2) is 23.3 Å². The third-order valence-electron chi connectivity index (χ3n) is 1.82. The van der Waals surface area contributed by atoms with E-state index in [-0.39, 0.29) is 0 Å². The molecule has 0 aromatic carbocycles. The van der Waals surface area contributed by atoms with E-state index in [0.717, 1.165) is 10.4 Å². The van der Waals surface area contributed by atoms with E-state index in [4.69, 9.17) is 0 Å². The highest BCUT2D eigenvalue weighted by Gasteiger charge is 2.15. The van der Waals surface area contributed by atoms with Crippen molar-refractivity contribution in [3.8, 4) is 10.4 Å². The zero-order chi connectivity index (χ0) is 9.97. The van der Waals surface area contributed by atoms with E-state index >= 15 is 0 Å². The molecule has 0 saturated carbocycles. The van der Waals surface area contributed by atoms with Gasteiger partial charge < -0.3 is 4.74 Å². The number of H-pyrrole nitrogens is 1. The van der Waals surface area contributed by atoms with Crippen LogP contribution in [0.2, 0.25) is 0 Å². The van der Waals surface area contributed by atoms with Gasteiger partial charge in [-0.15, -0.1) is 11.3 Å². The first-order valence-corrected chi connectivity index (χ1v) is 4.86. The van der Waals surface area contributed by atoms with Crippen molar-refractivity contribution < 1.29 is 9.53 Å². The van der Waals surface area contributed by atoms with Gasteiger partial charge in [-0.25, -0.2) is 4.79 Å². The lowest BCUT2D eigenvalue weighted by Crippen LogP contribution is -2.02. The number of methoxy groups -OCH3 is 1. The molecule has 2 aromatic rings. The molecule has 1 N–H and O–H groups in total. The van der Waals surface area contributed by atoms with Gasteiger partial charge in [0.25, 0.3) is 0 Å². The molecule has 0 fully saturated rings. The molecule has 0 aliphatic rings. The summed E-state index contributed by atoms with van der Waals surface area (Å²) in [5, 5.41) is 8.40. The molecule has 2 rings (SSSR count). The van der Waals surface area contributed by atoms with Crippen LogP contribution in [0.25, 0.3) is 10.4 Å². The van der Waals surface area contributed by atoms with Crippen molar-refractivity contribution in [1.29, 1.82) is 0 Å². The lowest BCUT2D eigenvalue weighted by atomic mass is 10.2. The van der Waals surface area contributed by atoms with Crippen LogP contribution in [0.1, 0.15) is 10.5 Å². The van der Waals surface area contributed by atoms with Gasteiger partial charge in [0.15, 0.2) is 5.69 Å². The van der Waals surface area contributed by atoms with E-state index < -0.39 is 5.97 Å². The van der Waals surface area contributed by atoms with Crippen molar-refractivity contribution in [3.05, 3.63) is 29.4 Å². The number of thiophene rings is 1. The number of hydrogen-bond donors (Lipinski definition) is 1. The highest BCUT2D eigenvalue weighted by Crippen LogP contribution is 2.26. The van der Waals surface area contributed by atoms with Crippen molar-refractivity contribution >= 4 is 17.3 Å². The SMILES string of the molecule is COC(=O)c1[nH]ncc1-c1cccs1. The zero-order valence-electron chi connectivity index (χ0n) is 7.48. The molecule has 5 heteroatoms. The smallest absolute Gasteiger partial charge is 0.356 e. The van der Waals surface area contributed by atoms with Crippen LogP contribution < -0.4 is 0 Å². The Morgan fingerprint density at radius 1 is 1.64 bits per heavy atom. The normalized spacial score (nSPS) is 10.1. The molecular weight excluding hydrogens is 200 g/mol. The number of ether oxygens (including phenoxy) is 1. The predicted molar refractivity (Wildman–Crippen MR) is 53.2 cm³/mol. The van der Waals surface area contributed by atoms with Crippen LogP contribution >= 0.6 is 11.3 Å². The Hall–Kier alpha value is -1.62. The first-order chi connectivity index (χ1) is 6.83. The van der Waals surface area contributed by atoms with Crippen LogP contribution in [0.3, 0.4) is 0 Å². The van der Waals surface area contributed by atoms with Gasteiger partial charge in [0.2, 0.25) is 0 Å². The summed E-state index contributed by atoms with van der Waals surface area (Å²) < 4.78 is 4.63. The van der Waals surface area contributed by atoms with Crippen LogP contribution in [0, 0.1) is 0 Å². The molecule has 4 nitrogen and oxygen atoms in total. The summed E-state index contributed by atoms with van der Waals surface area (Å²) in [6.07, 6.45) is 1.62. The molecule has 0 atom stereocenters. The van der Waals surface area contributed by atoms with Crippen LogP contribution in [0.5, 0.6) is 0 Å². The first-order valence-electron chi connectivity index (χ1n) is 3.98. The maximum absolute atomic E-state index is 11.3. The third kappa shape index (κ3) is 1.42. The molecular formula is C9H8N2O2S. The molecule has 14 heavy (non-hydrogen) atoms. The highest BCUT2D eigenvalue weighted by molar-refractivity contribution is 7.13. The van der Waals surface area contributed by atoms with Crippen LogP contribution in [0.4, 0.5) is 0 Å². The van der Waals surface area contributed by atoms with Gasteiger partial charge in [-0.1, -0.05) is 6.07 Å². The van der Waals surface area contributed by atoms with E-state index in [9.17, 15) is 4.79 Å². The van der Waals surface area contributed by atoms with Gasteiger partial charge in [0, 0.05) is 10.4 Å². The summed E-state index contributed by atoms with van der Waals surface area (Å²) in [6.45, 7) is 0. The van der Waals surface area contributed by atoms with E-state index in [1.54, 1.807) is 17.5 Å². The fraction of sp³-hybridized carbons (Fsp3) is 0.111. The summed E-state index contributed by atoms with van der Waals surface area (Å²) in [5.41, 5.74) is 1.18. The fourth-order valence-electron chi connectivity index (χ4n) is 1.16. The molecule has 0 unspecified atom stereocenters. The van der Waals surface area contributed by atoms with Crippen molar-refractivity contribution in [2.75, 3.05) is 7.11 Å². The summed E-state index contributed by atoms with van der Waals surface area (Å²) in [7, 11) is 1.35. The molecule has 0 radical (unpaired) electrons. The molecule has 2 heterocycles. The average Bonchev–Trinajstić information content (AvgIpc) is 2.85. The Morgan fingerprint density at radius 2 is 2.50 bits per heavy atom. The second-order valence-corrected chi connectivity index (χ2v) is 3.58. The van der Waals surface area contributed by atoms with Crippen LogP contribution in [-0.2, 0) is 4.74 Å². The summed E-state index contributed by atoms with van der Waals surface area (Å²) in [5.74, 6) is -0.397. The molecule has 72 valence electrons. The maximum atomic E-state index is 11.3. The van der Waals surface area contributed by atoms with Crippen molar-refractivity contribution in [2.45, 2.75) is 0 Å². The third-order valence-corrected chi connectivity index (χ3v) is 2.72. The Labute approximate surface area is 84.5 Å². The van der Waals surface area contributed by atoms with E-state index in [1.165, 1.54) is 7.11 Å². The molecule has 0 bridgehead atoms. The number of carbonyl (C=O) groups is 1. The predicted octanol–water partition coefficient (Wildman–Crippen LogP) is 1.92. The van der Waals surface area contributed by atoms with Gasteiger partial charge >= 0.3 is 5.97 Å². The fourth-order valence-corrected chi connectivity index (χ4v) is 1.91. The van der Waals surface area contributed by atoms with E-state index in [1.807, 2.05) is 17.5 Å². The topological polar surface area (TPSA) is 55.0 Å². The number of rotatable bonds is 2. The van der Waals surface area contributed by atoms with Gasteiger partial charge in [-0.2, -0.15) is 5.10 Å². The lowest BCUT2D eigenvalue weighted by Gasteiger charge is -1.97. The number of hydrogen-bond acceptors (Lipinski definition) is 4. The number of aromatic nitrogens is 2. The van der Waals surface area contributed by atoms with Gasteiger partial charge in [0.1, 0.15) is 0 Å². The maximum Gasteiger partial charge on any atom is 0.356 e. The quantitative estimate of drug-likeness (QED) is 0.767. The number of nitrogens with one attached hydrogen (secondary N) is 1. The number of nitrogens with zero attached hydrogens (tertiary/aromatic N) is 1. The van der Waals surface area contributed by atoms with Crippen molar-refractivity contribution in [3.63, 3.8) is 0 Å². The highest BCUT2D eigenvalue weighted by atomic mass is 32.1. The van der Waals surface area contributed by atoms with Gasteiger partial charge in [-0.05, 0) is 11.4 Å². The summed E-state index contributed by atoms with van der Waals surface area (Å²) in [4.78, 5) is 12.3. The van der Waals surface area contributed by atoms with Gasteiger partial charge in [-0.3, -0.25) is 5.10 Å². The Balaban J connectivity index is 2.45. The Bertz CT molecular complexity index is 433. The summed E-state index contributed by atoms with van der Waals surface area (Å²) in [6, 6.07) is 3.86. The number of carbonyl (C=O) groups excluding carboxylic acids is 1. The number of aromatic amines is 1. The van der Waals surface area contributed by atoms with Crippen LogP contribution in [0.15, 0.2) is 23.7 Å². The molecule has 0 amide bonds. The molecule has 2 aromatic heterocycles. The average molecular weight is 208 g/mol. The molecule has 0 aliphatic carbocycles. The minimum atomic E-state index is -0.397. The standard InChI is InChI=1S/C9H8N2O2S/c1-13-9(12)8-6(5-10-11-8)7-3-2-4-14-7/h2-5H,1H3,(H,10,11). The summed E-state index contributed by atoms with van der Waals surface area (Å²) >= 11 is 1.55. The largest absolute Gasteiger partial charge is 0.464 e. The Kier molecular flexibility index (Phi) is 2.32. The van der Waals surface area contributed by atoms with Crippen molar-refractivity contribution in [1.82, 2.24) is 10.2 Å². The molecule has 0 spiro atoms. The first kappa shape index (κ1) is 8.96. The van der Waals surface area contributed by atoms with Crippen molar-refractivity contribution in [2.24, 2.45) is 0 Å². The molecule has 0 aliphatic heterocycles. The minimum absolute atomic E-state index is 0.397. The minimum Gasteiger partial charge on any atom is -0.464 e. The number of esters is 1. The second-order valence-electron chi connectivity index (χ2n) is 2.63. The second kappa shape index (κ2) is 3.63. The van der Waals surface area contributed by atoms with Gasteiger partial charge in [0.05, 0.1) is 13.3 Å². The van der Waals surface area contributed by atoms with E-state index in [2.05, 4.69) is 14.9 Å². The van der Waals surface area contributed by atoms with E-state index in [0.29, 0.717) is 5.69 Å². The lowest BCUT2D eigenvalue weighted by molar-refractivity contribution is 0.0595. The monoisotopic (exact) mass is 208 g/mol. The Morgan fingerprint density at radius 3 is 3.14 bits per heavy atom.